The Kier molecular flexibility index (Phi) is 4.73. The van der Waals surface area contributed by atoms with Gasteiger partial charge >= 0.3 is 5.97 Å². The molecule has 0 radical (unpaired) electrons. The van der Waals surface area contributed by atoms with E-state index in [9.17, 15) is 13.2 Å². The highest BCUT2D eigenvalue weighted by molar-refractivity contribution is 7.89. The fourth-order valence-corrected chi connectivity index (χ4v) is 3.26. The lowest BCUT2D eigenvalue weighted by atomic mass is 10.2. The number of benzene rings is 2. The third-order valence-electron chi connectivity index (χ3n) is 3.51. The van der Waals surface area contributed by atoms with Gasteiger partial charge in [0, 0.05) is 12.6 Å². The van der Waals surface area contributed by atoms with E-state index in [1.165, 1.54) is 30.3 Å². The fourth-order valence-electron chi connectivity index (χ4n) is 2.24. The molecular formula is C17H15NO6S. The van der Waals surface area contributed by atoms with Crippen LogP contribution in [0.15, 0.2) is 53.4 Å². The number of ether oxygens (including phenoxy) is 2. The topological polar surface area (TPSA) is 102 Å². The molecule has 1 aliphatic rings. The van der Waals surface area contributed by atoms with E-state index < -0.39 is 16.0 Å². The summed E-state index contributed by atoms with van der Waals surface area (Å²) in [6, 6.07) is 11.1. The molecule has 0 saturated heterocycles. The van der Waals surface area contributed by atoms with Crippen LogP contribution in [0.5, 0.6) is 11.5 Å². The quantitative estimate of drug-likeness (QED) is 0.763. The number of carbonyl (C=O) groups is 1. The van der Waals surface area contributed by atoms with Crippen LogP contribution < -0.4 is 14.2 Å². The van der Waals surface area contributed by atoms with Crippen LogP contribution in [0.1, 0.15) is 11.1 Å². The molecule has 0 unspecified atom stereocenters. The van der Waals surface area contributed by atoms with Crippen molar-refractivity contribution in [2.45, 2.75) is 11.4 Å². The monoisotopic (exact) mass is 361 g/mol. The number of sulfonamides is 1. The van der Waals surface area contributed by atoms with Crippen LogP contribution in [0.3, 0.4) is 0 Å². The maximum absolute atomic E-state index is 12.3. The van der Waals surface area contributed by atoms with E-state index in [1.807, 2.05) is 0 Å². The second kappa shape index (κ2) is 6.96. The molecule has 1 aliphatic heterocycles. The van der Waals surface area contributed by atoms with E-state index in [0.717, 1.165) is 11.6 Å². The number of fused-ring (bicyclic) bond motifs is 1. The van der Waals surface area contributed by atoms with Crippen molar-refractivity contribution in [3.05, 3.63) is 59.7 Å². The molecule has 0 atom stereocenters. The Morgan fingerprint density at radius 2 is 1.84 bits per heavy atom. The number of rotatable bonds is 6. The van der Waals surface area contributed by atoms with Crippen LogP contribution in [0.25, 0.3) is 6.08 Å². The van der Waals surface area contributed by atoms with Crippen molar-refractivity contribution in [1.82, 2.24) is 4.72 Å². The van der Waals surface area contributed by atoms with Gasteiger partial charge in [-0.25, -0.2) is 17.9 Å². The zero-order chi connectivity index (χ0) is 17.9. The molecule has 0 fully saturated rings. The minimum Gasteiger partial charge on any atom is -0.478 e. The average Bonchev–Trinajstić information content (AvgIpc) is 3.06. The smallest absolute Gasteiger partial charge is 0.328 e. The summed E-state index contributed by atoms with van der Waals surface area (Å²) in [5.74, 6) is 0.157. The summed E-state index contributed by atoms with van der Waals surface area (Å²) in [6.07, 6.45) is 2.38. The first kappa shape index (κ1) is 17.0. The van der Waals surface area contributed by atoms with E-state index in [2.05, 4.69) is 4.72 Å². The van der Waals surface area contributed by atoms with E-state index in [1.54, 1.807) is 18.2 Å². The standard InChI is InChI=1S/C17H15NO6S/c19-17(20)8-4-12-1-5-14(6-2-12)25(21,22)18-10-13-3-7-15-16(9-13)24-11-23-15/h1-9,18H,10-11H2,(H,19,20)/b8-4+. The second-order valence-corrected chi connectivity index (χ2v) is 7.02. The van der Waals surface area contributed by atoms with Gasteiger partial charge in [0.25, 0.3) is 0 Å². The number of carboxylic acid groups (broad SMARTS) is 1. The highest BCUT2D eigenvalue weighted by Gasteiger charge is 2.16. The zero-order valence-corrected chi connectivity index (χ0v) is 13.8. The van der Waals surface area contributed by atoms with Crippen molar-refractivity contribution >= 4 is 22.1 Å². The molecule has 3 rings (SSSR count). The van der Waals surface area contributed by atoms with Crippen LogP contribution in [0.2, 0.25) is 0 Å². The summed E-state index contributed by atoms with van der Waals surface area (Å²) in [4.78, 5) is 10.6. The van der Waals surface area contributed by atoms with E-state index in [0.29, 0.717) is 17.1 Å². The van der Waals surface area contributed by atoms with Gasteiger partial charge in [-0.05, 0) is 41.5 Å². The van der Waals surface area contributed by atoms with Gasteiger partial charge < -0.3 is 14.6 Å². The largest absolute Gasteiger partial charge is 0.478 e. The molecule has 2 N–H and O–H groups in total. The Morgan fingerprint density at radius 1 is 1.12 bits per heavy atom. The predicted molar refractivity (Wildman–Crippen MR) is 89.7 cm³/mol. The molecule has 130 valence electrons. The van der Waals surface area contributed by atoms with Crippen molar-refractivity contribution in [1.29, 1.82) is 0 Å². The van der Waals surface area contributed by atoms with Gasteiger partial charge in [0.2, 0.25) is 16.8 Å². The van der Waals surface area contributed by atoms with Crippen molar-refractivity contribution in [3.8, 4) is 11.5 Å². The molecule has 0 saturated carbocycles. The van der Waals surface area contributed by atoms with Gasteiger partial charge in [0.05, 0.1) is 4.90 Å². The molecule has 0 amide bonds. The minimum absolute atomic E-state index is 0.0979. The minimum atomic E-state index is -3.68. The van der Waals surface area contributed by atoms with Gasteiger partial charge in [0.1, 0.15) is 0 Å². The third kappa shape index (κ3) is 4.17. The lowest BCUT2D eigenvalue weighted by molar-refractivity contribution is -0.131. The van der Waals surface area contributed by atoms with Gasteiger partial charge in [-0.2, -0.15) is 0 Å². The average molecular weight is 361 g/mol. The summed E-state index contributed by atoms with van der Waals surface area (Å²) in [6.45, 7) is 0.271. The lowest BCUT2D eigenvalue weighted by Crippen LogP contribution is -2.23. The molecule has 2 aromatic carbocycles. The molecule has 0 aliphatic carbocycles. The second-order valence-electron chi connectivity index (χ2n) is 5.25. The Hall–Kier alpha value is -2.84. The maximum atomic E-state index is 12.3. The predicted octanol–water partition coefficient (Wildman–Crippen LogP) is 1.99. The summed E-state index contributed by atoms with van der Waals surface area (Å²) in [5.41, 5.74) is 1.34. The molecular weight excluding hydrogens is 346 g/mol. The van der Waals surface area contributed by atoms with Crippen molar-refractivity contribution in [2.75, 3.05) is 6.79 Å². The molecule has 1 heterocycles. The number of carboxylic acids is 1. The van der Waals surface area contributed by atoms with Gasteiger partial charge in [-0.15, -0.1) is 0 Å². The summed E-state index contributed by atoms with van der Waals surface area (Å²) in [7, 11) is -3.68. The van der Waals surface area contributed by atoms with Crippen LogP contribution >= 0.6 is 0 Å². The van der Waals surface area contributed by atoms with E-state index in [4.69, 9.17) is 14.6 Å². The van der Waals surface area contributed by atoms with E-state index in [-0.39, 0.29) is 18.2 Å². The Balaban J connectivity index is 1.68. The lowest BCUT2D eigenvalue weighted by Gasteiger charge is -2.08. The van der Waals surface area contributed by atoms with Crippen LogP contribution in [-0.2, 0) is 21.4 Å². The van der Waals surface area contributed by atoms with Crippen LogP contribution in [0, 0.1) is 0 Å². The van der Waals surface area contributed by atoms with E-state index >= 15 is 0 Å². The Labute approximate surface area is 144 Å². The zero-order valence-electron chi connectivity index (χ0n) is 13.0. The summed E-state index contributed by atoms with van der Waals surface area (Å²) < 4.78 is 37.7. The van der Waals surface area contributed by atoms with Gasteiger partial charge in [-0.1, -0.05) is 18.2 Å². The fraction of sp³-hybridized carbons (Fsp3) is 0.118. The first-order valence-corrected chi connectivity index (χ1v) is 8.82. The number of nitrogens with one attached hydrogen (secondary N) is 1. The Morgan fingerprint density at radius 3 is 2.56 bits per heavy atom. The Bertz CT molecular complexity index is 919. The van der Waals surface area contributed by atoms with Crippen LogP contribution in [-0.4, -0.2) is 26.3 Å². The van der Waals surface area contributed by atoms with Gasteiger partial charge in [-0.3, -0.25) is 0 Å². The number of hydrogen-bond acceptors (Lipinski definition) is 5. The molecule has 25 heavy (non-hydrogen) atoms. The maximum Gasteiger partial charge on any atom is 0.328 e. The molecule has 7 nitrogen and oxygen atoms in total. The van der Waals surface area contributed by atoms with Crippen molar-refractivity contribution < 1.29 is 27.8 Å². The summed E-state index contributed by atoms with van der Waals surface area (Å²) in [5, 5.41) is 8.59. The highest BCUT2D eigenvalue weighted by Crippen LogP contribution is 2.32. The number of aliphatic carboxylic acids is 1. The molecule has 0 aromatic heterocycles. The first-order valence-electron chi connectivity index (χ1n) is 7.33. The SMILES string of the molecule is O=C(O)/C=C/c1ccc(S(=O)(=O)NCc2ccc3c(c2)OCO3)cc1. The van der Waals surface area contributed by atoms with Gasteiger partial charge in [0.15, 0.2) is 11.5 Å². The van der Waals surface area contributed by atoms with Crippen LogP contribution in [0.4, 0.5) is 0 Å². The van der Waals surface area contributed by atoms with Crippen molar-refractivity contribution in [2.24, 2.45) is 0 Å². The summed E-state index contributed by atoms with van der Waals surface area (Å²) >= 11 is 0. The third-order valence-corrected chi connectivity index (χ3v) is 4.93. The number of hydrogen-bond donors (Lipinski definition) is 2. The molecule has 2 aromatic rings. The highest BCUT2D eigenvalue weighted by atomic mass is 32.2. The normalized spacial score (nSPS) is 13.3. The molecule has 0 spiro atoms. The van der Waals surface area contributed by atoms with Crippen molar-refractivity contribution in [3.63, 3.8) is 0 Å². The first-order chi connectivity index (χ1) is 11.9. The molecule has 8 heteroatoms. The molecule has 0 bridgehead atoms.